The van der Waals surface area contributed by atoms with Gasteiger partial charge in [-0.25, -0.2) is 8.42 Å². The van der Waals surface area contributed by atoms with Gasteiger partial charge >= 0.3 is 0 Å². The van der Waals surface area contributed by atoms with Crippen LogP contribution in [0.2, 0.25) is 0 Å². The molecular weight excluding hydrogens is 408 g/mol. The first-order valence-electron chi connectivity index (χ1n) is 10.2. The molecule has 0 aliphatic carbocycles. The second-order valence-electron chi connectivity index (χ2n) is 8.05. The van der Waals surface area contributed by atoms with E-state index in [-0.39, 0.29) is 29.2 Å². The molecule has 10 heteroatoms. The van der Waals surface area contributed by atoms with Crippen LogP contribution in [0.5, 0.6) is 0 Å². The van der Waals surface area contributed by atoms with E-state index in [0.717, 1.165) is 11.1 Å². The summed E-state index contributed by atoms with van der Waals surface area (Å²) < 4.78 is 24.1. The third-order valence-corrected chi connectivity index (χ3v) is 8.20. The van der Waals surface area contributed by atoms with Gasteiger partial charge in [0.05, 0.1) is 11.0 Å². The molecule has 2 unspecified atom stereocenters. The Morgan fingerprint density at radius 3 is 2.80 bits per heavy atom. The maximum Gasteiger partial charge on any atom is 0.255 e. The number of benzene rings is 1. The third kappa shape index (κ3) is 4.26. The minimum Gasteiger partial charge on any atom is -0.322 e. The molecule has 3 aliphatic heterocycles. The summed E-state index contributed by atoms with van der Waals surface area (Å²) >= 11 is 0. The highest BCUT2D eigenvalue weighted by molar-refractivity contribution is 7.92. The third-order valence-electron chi connectivity index (χ3n) is 6.01. The van der Waals surface area contributed by atoms with Crippen molar-refractivity contribution in [3.63, 3.8) is 0 Å². The molecule has 2 fully saturated rings. The largest absolute Gasteiger partial charge is 0.322 e. The standard InChI is InChI=1S/C20H26N4O5S/c25-18-4-3-17(19(26)23-18)24-12-14-2-1-13(9-16(14)20(24)27)10-21-6-5-15-11-22-7-8-30(15,28)29/h1-2,9,15,17,21-22H,3-8,10-12H2,(H,23,25,26). The van der Waals surface area contributed by atoms with Gasteiger partial charge in [0.2, 0.25) is 11.8 Å². The van der Waals surface area contributed by atoms with E-state index in [4.69, 9.17) is 0 Å². The number of sulfone groups is 1. The van der Waals surface area contributed by atoms with E-state index < -0.39 is 21.8 Å². The summed E-state index contributed by atoms with van der Waals surface area (Å²) in [6.07, 6.45) is 1.12. The molecule has 3 amide bonds. The highest BCUT2D eigenvalue weighted by Crippen LogP contribution is 2.28. The molecule has 0 aromatic heterocycles. The van der Waals surface area contributed by atoms with E-state index in [1.54, 1.807) is 0 Å². The predicted octanol–water partition coefficient (Wildman–Crippen LogP) is -0.686. The van der Waals surface area contributed by atoms with Gasteiger partial charge in [-0.3, -0.25) is 19.7 Å². The van der Waals surface area contributed by atoms with Crippen LogP contribution in [-0.4, -0.2) is 67.7 Å². The summed E-state index contributed by atoms with van der Waals surface area (Å²) in [6.45, 7) is 2.47. The Kier molecular flexibility index (Phi) is 5.90. The smallest absolute Gasteiger partial charge is 0.255 e. The fraction of sp³-hybridized carbons (Fsp3) is 0.550. The molecule has 2 saturated heterocycles. The van der Waals surface area contributed by atoms with Gasteiger partial charge in [0.1, 0.15) is 6.04 Å². The van der Waals surface area contributed by atoms with Crippen LogP contribution in [0.3, 0.4) is 0 Å². The number of hydrogen-bond donors (Lipinski definition) is 3. The summed E-state index contributed by atoms with van der Waals surface area (Å²) in [6, 6.07) is 5.04. The van der Waals surface area contributed by atoms with Gasteiger partial charge in [-0.05, 0) is 36.6 Å². The summed E-state index contributed by atoms with van der Waals surface area (Å²) in [5.41, 5.74) is 2.38. The number of piperidine rings is 1. The average molecular weight is 435 g/mol. The number of carbonyl (C=O) groups excluding carboxylic acids is 3. The second-order valence-corrected chi connectivity index (χ2v) is 10.5. The van der Waals surface area contributed by atoms with Crippen molar-refractivity contribution in [2.24, 2.45) is 0 Å². The number of amides is 3. The first-order chi connectivity index (χ1) is 14.3. The first-order valence-corrected chi connectivity index (χ1v) is 12.0. The molecular formula is C20H26N4O5S. The van der Waals surface area contributed by atoms with Crippen LogP contribution < -0.4 is 16.0 Å². The van der Waals surface area contributed by atoms with E-state index in [0.29, 0.717) is 51.1 Å². The van der Waals surface area contributed by atoms with E-state index in [2.05, 4.69) is 16.0 Å². The number of carbonyl (C=O) groups is 3. The lowest BCUT2D eigenvalue weighted by molar-refractivity contribution is -0.136. The Morgan fingerprint density at radius 2 is 2.03 bits per heavy atom. The lowest BCUT2D eigenvalue weighted by atomic mass is 10.0. The molecule has 30 heavy (non-hydrogen) atoms. The zero-order valence-corrected chi connectivity index (χ0v) is 17.5. The van der Waals surface area contributed by atoms with Gasteiger partial charge in [-0.2, -0.15) is 0 Å². The number of nitrogens with one attached hydrogen (secondary N) is 3. The molecule has 3 aliphatic rings. The molecule has 2 atom stereocenters. The predicted molar refractivity (Wildman–Crippen MR) is 109 cm³/mol. The van der Waals surface area contributed by atoms with Crippen LogP contribution in [0, 0.1) is 0 Å². The van der Waals surface area contributed by atoms with Crippen molar-refractivity contribution in [1.29, 1.82) is 0 Å². The molecule has 0 bridgehead atoms. The minimum atomic E-state index is -3.02. The Morgan fingerprint density at radius 1 is 1.20 bits per heavy atom. The second kappa shape index (κ2) is 8.44. The van der Waals surface area contributed by atoms with Crippen LogP contribution in [0.25, 0.3) is 0 Å². The van der Waals surface area contributed by atoms with Crippen LogP contribution in [0.4, 0.5) is 0 Å². The number of hydrogen-bond acceptors (Lipinski definition) is 7. The monoisotopic (exact) mass is 434 g/mol. The van der Waals surface area contributed by atoms with Gasteiger partial charge in [-0.1, -0.05) is 12.1 Å². The molecule has 0 saturated carbocycles. The van der Waals surface area contributed by atoms with Crippen molar-refractivity contribution in [1.82, 2.24) is 20.9 Å². The SMILES string of the molecule is O=C1CCC(N2Cc3ccc(CNCCC4CNCCS4(=O)=O)cc3C2=O)C(=O)N1. The van der Waals surface area contributed by atoms with E-state index in [9.17, 15) is 22.8 Å². The first kappa shape index (κ1) is 21.0. The molecule has 1 aromatic rings. The Bertz CT molecular complexity index is 977. The number of imide groups is 1. The molecule has 3 heterocycles. The van der Waals surface area contributed by atoms with E-state index >= 15 is 0 Å². The van der Waals surface area contributed by atoms with Gasteiger partial charge < -0.3 is 15.5 Å². The molecule has 0 spiro atoms. The Hall–Kier alpha value is -2.30. The molecule has 4 rings (SSSR count). The number of rotatable bonds is 6. The van der Waals surface area contributed by atoms with Gasteiger partial charge in [0.15, 0.2) is 9.84 Å². The van der Waals surface area contributed by atoms with Gasteiger partial charge in [-0.15, -0.1) is 0 Å². The fourth-order valence-corrected chi connectivity index (χ4v) is 5.87. The highest BCUT2D eigenvalue weighted by atomic mass is 32.2. The summed E-state index contributed by atoms with van der Waals surface area (Å²) in [7, 11) is -3.02. The molecule has 162 valence electrons. The quantitative estimate of drug-likeness (QED) is 0.400. The zero-order chi connectivity index (χ0) is 21.3. The van der Waals surface area contributed by atoms with Crippen molar-refractivity contribution in [3.8, 4) is 0 Å². The van der Waals surface area contributed by atoms with Crippen molar-refractivity contribution in [2.45, 2.75) is 43.6 Å². The lowest BCUT2D eigenvalue weighted by Crippen LogP contribution is -2.52. The Labute approximate surface area is 175 Å². The summed E-state index contributed by atoms with van der Waals surface area (Å²) in [4.78, 5) is 37.9. The van der Waals surface area contributed by atoms with E-state index in [1.807, 2.05) is 18.2 Å². The fourth-order valence-electron chi connectivity index (χ4n) is 4.26. The van der Waals surface area contributed by atoms with Crippen molar-refractivity contribution >= 4 is 27.6 Å². The average Bonchev–Trinajstić information content (AvgIpc) is 3.02. The van der Waals surface area contributed by atoms with Crippen LogP contribution in [0.1, 0.15) is 40.7 Å². The highest BCUT2D eigenvalue weighted by Gasteiger charge is 2.39. The lowest BCUT2D eigenvalue weighted by Gasteiger charge is -2.29. The molecule has 0 radical (unpaired) electrons. The summed E-state index contributed by atoms with van der Waals surface area (Å²) in [5.74, 6) is -0.721. The number of fused-ring (bicyclic) bond motifs is 1. The van der Waals surface area contributed by atoms with Crippen LogP contribution in [-0.2, 0) is 32.5 Å². The van der Waals surface area contributed by atoms with Gasteiger partial charge in [0.25, 0.3) is 5.91 Å². The zero-order valence-electron chi connectivity index (χ0n) is 16.6. The van der Waals surface area contributed by atoms with Gasteiger partial charge in [0, 0.05) is 38.2 Å². The van der Waals surface area contributed by atoms with Crippen LogP contribution in [0.15, 0.2) is 18.2 Å². The molecule has 9 nitrogen and oxygen atoms in total. The maximum absolute atomic E-state index is 12.9. The minimum absolute atomic E-state index is 0.189. The summed E-state index contributed by atoms with van der Waals surface area (Å²) in [5, 5.41) is 8.33. The van der Waals surface area contributed by atoms with E-state index in [1.165, 1.54) is 4.90 Å². The molecule has 1 aromatic carbocycles. The van der Waals surface area contributed by atoms with Crippen molar-refractivity contribution in [2.75, 3.05) is 25.4 Å². The topological polar surface area (TPSA) is 125 Å². The van der Waals surface area contributed by atoms with Crippen molar-refractivity contribution < 1.29 is 22.8 Å². The normalized spacial score (nSPS) is 25.9. The van der Waals surface area contributed by atoms with Crippen molar-refractivity contribution in [3.05, 3.63) is 34.9 Å². The van der Waals surface area contributed by atoms with Crippen LogP contribution >= 0.6 is 0 Å². The Balaban J connectivity index is 1.33. The maximum atomic E-state index is 12.9. The number of nitrogens with zero attached hydrogens (tertiary/aromatic N) is 1. The molecule has 3 N–H and O–H groups in total.